The van der Waals surface area contributed by atoms with Crippen molar-refractivity contribution in [1.82, 2.24) is 24.0 Å². The predicted octanol–water partition coefficient (Wildman–Crippen LogP) is 0.416. The van der Waals surface area contributed by atoms with Crippen molar-refractivity contribution in [3.05, 3.63) is 12.2 Å². The Morgan fingerprint density at radius 1 is 1.08 bits per heavy atom. The van der Waals surface area contributed by atoms with E-state index in [4.69, 9.17) is 17.3 Å². The summed E-state index contributed by atoms with van der Waals surface area (Å²) in [5.41, 5.74) is 0. The van der Waals surface area contributed by atoms with Crippen LogP contribution in [0.5, 0.6) is 0 Å². The van der Waals surface area contributed by atoms with Crippen molar-refractivity contribution in [2.75, 3.05) is 79.9 Å². The molecular formula is C25H41BN5O6P. The van der Waals surface area contributed by atoms with E-state index < -0.39 is 7.44 Å². The first kappa shape index (κ1) is 29.4. The Balaban J connectivity index is 1.21. The van der Waals surface area contributed by atoms with E-state index in [1.54, 1.807) is 18.8 Å². The first-order valence-corrected chi connectivity index (χ1v) is 15.4. The highest BCUT2D eigenvalue weighted by molar-refractivity contribution is 7.58. The van der Waals surface area contributed by atoms with Gasteiger partial charge in [0.2, 0.25) is 13.4 Å². The van der Waals surface area contributed by atoms with Gasteiger partial charge in [0.05, 0.1) is 12.7 Å². The van der Waals surface area contributed by atoms with Gasteiger partial charge in [-0.1, -0.05) is 0 Å². The number of likely N-dealkylation sites (N-methyl/N-ethyl adjacent to an activating group) is 1. The van der Waals surface area contributed by atoms with E-state index in [1.165, 1.54) is 17.1 Å². The van der Waals surface area contributed by atoms with E-state index in [0.717, 1.165) is 25.7 Å². The van der Waals surface area contributed by atoms with Gasteiger partial charge in [0.15, 0.2) is 0 Å². The molecule has 0 aromatic rings. The summed E-state index contributed by atoms with van der Waals surface area (Å²) in [6.07, 6.45) is 5.75. The van der Waals surface area contributed by atoms with Gasteiger partial charge in [-0.3, -0.25) is 23.8 Å². The van der Waals surface area contributed by atoms with Gasteiger partial charge in [0.1, 0.15) is 14.2 Å². The fourth-order valence-electron chi connectivity index (χ4n) is 5.86. The maximum absolute atomic E-state index is 13.9. The van der Waals surface area contributed by atoms with Crippen LogP contribution in [0, 0.1) is 11.8 Å². The molecule has 4 aliphatic rings. The molecule has 3 atom stereocenters. The predicted molar refractivity (Wildman–Crippen MR) is 143 cm³/mol. The summed E-state index contributed by atoms with van der Waals surface area (Å²) in [7, 11) is 8.58. The van der Waals surface area contributed by atoms with Crippen molar-refractivity contribution in [1.29, 1.82) is 0 Å². The number of morpholine rings is 1. The fourth-order valence-corrected chi connectivity index (χ4v) is 7.90. The minimum atomic E-state index is -2.95. The molecule has 11 nitrogen and oxygen atoms in total. The van der Waals surface area contributed by atoms with Crippen molar-refractivity contribution >= 4 is 33.0 Å². The minimum Gasteiger partial charge on any atom is -0.380 e. The molecule has 0 aromatic carbocycles. The molecule has 0 spiro atoms. The van der Waals surface area contributed by atoms with Gasteiger partial charge in [-0.05, 0) is 52.7 Å². The van der Waals surface area contributed by atoms with Gasteiger partial charge in [-0.25, -0.2) is 9.34 Å². The third kappa shape index (κ3) is 6.95. The van der Waals surface area contributed by atoms with Crippen molar-refractivity contribution < 1.29 is 28.4 Å². The molecule has 3 fully saturated rings. The largest absolute Gasteiger partial charge is 0.380 e. The molecule has 13 heteroatoms. The van der Waals surface area contributed by atoms with Crippen molar-refractivity contribution in [3.63, 3.8) is 0 Å². The van der Waals surface area contributed by atoms with Crippen LogP contribution in [0.3, 0.4) is 0 Å². The number of hydrogen-bond donors (Lipinski definition) is 0. The highest BCUT2D eigenvalue weighted by atomic mass is 31.2. The molecule has 3 aliphatic heterocycles. The number of nitrogens with zero attached hydrogens (tertiary/aromatic N) is 5. The van der Waals surface area contributed by atoms with E-state index in [1.807, 2.05) is 16.6 Å². The van der Waals surface area contributed by atoms with Crippen LogP contribution in [0.1, 0.15) is 25.7 Å². The molecule has 1 saturated carbocycles. The quantitative estimate of drug-likeness (QED) is 0.230. The molecule has 0 N–H and O–H groups in total. The summed E-state index contributed by atoms with van der Waals surface area (Å²) in [5, 5.41) is 0. The van der Waals surface area contributed by atoms with E-state index in [2.05, 4.69) is 4.90 Å². The summed E-state index contributed by atoms with van der Waals surface area (Å²) < 4.78 is 29.3. The molecular weight excluding hydrogens is 508 g/mol. The monoisotopic (exact) mass is 549 g/mol. The third-order valence-electron chi connectivity index (χ3n) is 8.11. The molecule has 2 radical (unpaired) electrons. The number of imide groups is 1. The number of hydrogen-bond acceptors (Lipinski definition) is 7. The first-order valence-electron chi connectivity index (χ1n) is 13.6. The molecule has 4 rings (SSSR count). The van der Waals surface area contributed by atoms with Crippen LogP contribution in [-0.4, -0.2) is 142 Å². The van der Waals surface area contributed by atoms with E-state index in [0.29, 0.717) is 52.4 Å². The van der Waals surface area contributed by atoms with Crippen LogP contribution >= 0.6 is 7.44 Å². The molecule has 1 aliphatic carbocycles. The SMILES string of the molecule is [B]C1CN(C)CC(COCP(=O)(N(C)C)N2CCN(C(=O)C3CCC(CN4C(=O)C=CC4=O)CC3)CC2)O1. The molecule has 3 unspecified atom stereocenters. The normalized spacial score (nSPS) is 31.3. The topological polar surface area (TPSA) is 103 Å². The zero-order valence-corrected chi connectivity index (χ0v) is 23.8. The van der Waals surface area contributed by atoms with Gasteiger partial charge in [-0.2, -0.15) is 0 Å². The number of carbonyl (C=O) groups excluding carboxylic acids is 3. The highest BCUT2D eigenvalue weighted by Gasteiger charge is 2.39. The summed E-state index contributed by atoms with van der Waals surface area (Å²) >= 11 is 0. The zero-order chi connectivity index (χ0) is 27.4. The molecule has 2 saturated heterocycles. The molecule has 0 bridgehead atoms. The number of carbonyl (C=O) groups is 3. The second kappa shape index (κ2) is 12.7. The molecule has 0 aromatic heterocycles. The maximum atomic E-state index is 13.9. The number of rotatable bonds is 9. The molecule has 38 heavy (non-hydrogen) atoms. The summed E-state index contributed by atoms with van der Waals surface area (Å²) in [5.74, 6) is -0.130. The molecule has 3 heterocycles. The molecule has 3 amide bonds. The third-order valence-corrected chi connectivity index (χ3v) is 11.2. The van der Waals surface area contributed by atoms with E-state index in [9.17, 15) is 18.9 Å². The van der Waals surface area contributed by atoms with Gasteiger partial charge in [0, 0.05) is 69.9 Å². The Morgan fingerprint density at radius 3 is 2.29 bits per heavy atom. The van der Waals surface area contributed by atoms with Crippen molar-refractivity contribution in [2.24, 2.45) is 11.8 Å². The summed E-state index contributed by atoms with van der Waals surface area (Å²) in [6.45, 7) is 4.27. The fraction of sp³-hybridized carbons (Fsp3) is 0.800. The van der Waals surface area contributed by atoms with Crippen LogP contribution in [0.25, 0.3) is 0 Å². The van der Waals surface area contributed by atoms with Crippen LogP contribution in [0.4, 0.5) is 0 Å². The van der Waals surface area contributed by atoms with E-state index in [-0.39, 0.29) is 48.0 Å². The van der Waals surface area contributed by atoms with Gasteiger partial charge >= 0.3 is 0 Å². The summed E-state index contributed by atoms with van der Waals surface area (Å²) in [4.78, 5) is 42.2. The minimum absolute atomic E-state index is 0.0371. The lowest BCUT2D eigenvalue weighted by molar-refractivity contribution is -0.140. The Hall–Kier alpha value is -1.56. The van der Waals surface area contributed by atoms with E-state index >= 15 is 0 Å². The van der Waals surface area contributed by atoms with Gasteiger partial charge in [0.25, 0.3) is 11.8 Å². The van der Waals surface area contributed by atoms with Crippen LogP contribution in [-0.2, 0) is 28.4 Å². The summed E-state index contributed by atoms with van der Waals surface area (Å²) in [6, 6.07) is -0.348. The second-order valence-electron chi connectivity index (χ2n) is 11.1. The number of ether oxygens (including phenoxy) is 2. The van der Waals surface area contributed by atoms with Crippen LogP contribution in [0.15, 0.2) is 12.2 Å². The Bertz CT molecular complexity index is 923. The zero-order valence-electron chi connectivity index (χ0n) is 22.9. The maximum Gasteiger partial charge on any atom is 0.253 e. The van der Waals surface area contributed by atoms with Crippen molar-refractivity contribution in [2.45, 2.75) is 37.8 Å². The second-order valence-corrected chi connectivity index (χ2v) is 14.1. The lowest BCUT2D eigenvalue weighted by Gasteiger charge is -2.42. The average Bonchev–Trinajstić information content (AvgIpc) is 3.20. The van der Waals surface area contributed by atoms with Crippen LogP contribution < -0.4 is 0 Å². The average molecular weight is 549 g/mol. The van der Waals surface area contributed by atoms with Crippen molar-refractivity contribution in [3.8, 4) is 0 Å². The smallest absolute Gasteiger partial charge is 0.253 e. The first-order chi connectivity index (χ1) is 18.1. The molecule has 210 valence electrons. The van der Waals surface area contributed by atoms with Gasteiger partial charge in [-0.15, -0.1) is 0 Å². The number of amides is 3. The van der Waals surface area contributed by atoms with Gasteiger partial charge < -0.3 is 19.3 Å². The highest BCUT2D eigenvalue weighted by Crippen LogP contribution is 2.51. The lowest BCUT2D eigenvalue weighted by atomic mass is 9.81. The Labute approximate surface area is 227 Å². The standard InChI is InChI=1S/C25H41BN5O6P/c1-27(2)38(35,18-36-17-21-15-28(3)16-22(26)37-21)30-12-10-29(11-13-30)25(34)20-6-4-19(5-7-20)14-31-23(32)8-9-24(31)33/h8-9,19-22H,4-7,10-18H2,1-3H3. The Kier molecular flexibility index (Phi) is 9.87. The van der Waals surface area contributed by atoms with Crippen LogP contribution in [0.2, 0.25) is 0 Å². The lowest BCUT2D eigenvalue weighted by Crippen LogP contribution is -2.51. The number of piperazine rings is 1. The Morgan fingerprint density at radius 2 is 1.71 bits per heavy atom.